The lowest BCUT2D eigenvalue weighted by Crippen LogP contribution is -1.82. The van der Waals surface area contributed by atoms with Gasteiger partial charge in [-0.2, -0.15) is 5.10 Å². The fourth-order valence-corrected chi connectivity index (χ4v) is 0.821. The van der Waals surface area contributed by atoms with Gasteiger partial charge in [0, 0.05) is 6.20 Å². The second-order valence-electron chi connectivity index (χ2n) is 1.94. The van der Waals surface area contributed by atoms with Crippen LogP contribution in [0.15, 0.2) is 30.6 Å². The lowest BCUT2D eigenvalue weighted by atomic mass is 10.3. The fourth-order valence-electron chi connectivity index (χ4n) is 0.821. The Morgan fingerprint density at radius 2 is 1.57 bits per heavy atom. The molecule has 2 aromatic heterocycles. The van der Waals surface area contributed by atoms with Crippen LogP contribution in [0.25, 0.3) is 11.0 Å². The van der Waals surface area contributed by atoms with Crippen molar-refractivity contribution in [3.05, 3.63) is 30.6 Å². The molecule has 0 fully saturated rings. The van der Waals surface area contributed by atoms with Crippen LogP contribution in [0.5, 0.6) is 0 Å². The maximum absolute atomic E-state index is 4.08. The van der Waals surface area contributed by atoms with Gasteiger partial charge < -0.3 is 0 Å². The summed E-state index contributed by atoms with van der Waals surface area (Å²) in [6, 6.07) is 5.56. The van der Waals surface area contributed by atoms with Crippen molar-refractivity contribution in [2.24, 2.45) is 0 Å². The van der Waals surface area contributed by atoms with E-state index in [4.69, 9.17) is 0 Å². The highest BCUT2D eigenvalue weighted by Gasteiger charge is 1.89. The molecule has 0 bridgehead atoms. The molecule has 0 aliphatic carbocycles. The van der Waals surface area contributed by atoms with E-state index < -0.39 is 0 Å². The summed E-state index contributed by atoms with van der Waals surface area (Å²) < 4.78 is 0. The van der Waals surface area contributed by atoms with Crippen LogP contribution in [-0.4, -0.2) is 15.2 Å². The van der Waals surface area contributed by atoms with E-state index in [0.717, 1.165) is 11.0 Å². The molecule has 3 nitrogen and oxygen atoms in total. The molecule has 2 rings (SSSR count). The maximum atomic E-state index is 4.08. The van der Waals surface area contributed by atoms with Crippen LogP contribution in [-0.2, 0) is 0 Å². The van der Waals surface area contributed by atoms with Gasteiger partial charge in [-0.25, -0.2) is 0 Å². The van der Waals surface area contributed by atoms with Crippen LogP contribution in [0.3, 0.4) is 0 Å². The summed E-state index contributed by atoms with van der Waals surface area (Å²) in [5.41, 5.74) is 1.72. The van der Waals surface area contributed by atoms with Crippen molar-refractivity contribution in [1.29, 1.82) is 0 Å². The minimum absolute atomic E-state index is 0.838. The third kappa shape index (κ3) is 3.47. The molecular weight excluding hydrogens is 174 g/mol. The lowest BCUT2D eigenvalue weighted by molar-refractivity contribution is 1.07. The zero-order chi connectivity index (χ0) is 10.8. The predicted octanol–water partition coefficient (Wildman–Crippen LogP) is 3.08. The molecule has 0 aromatic carbocycles. The molecule has 2 heterocycles. The van der Waals surface area contributed by atoms with Gasteiger partial charge in [0.05, 0.1) is 11.7 Å². The summed E-state index contributed by atoms with van der Waals surface area (Å²) in [5.74, 6) is 0. The highest BCUT2D eigenvalue weighted by atomic mass is 15.1. The van der Waals surface area contributed by atoms with Crippen molar-refractivity contribution in [3.63, 3.8) is 0 Å². The molecule has 0 spiro atoms. The largest absolute Gasteiger partial charge is 0.254 e. The average molecular weight is 191 g/mol. The zero-order valence-corrected chi connectivity index (χ0v) is 9.23. The number of fused-ring (bicyclic) bond motifs is 1. The Hall–Kier alpha value is -1.51. The van der Waals surface area contributed by atoms with Gasteiger partial charge in [-0.1, -0.05) is 27.7 Å². The van der Waals surface area contributed by atoms with Crippen LogP contribution in [0.2, 0.25) is 0 Å². The van der Waals surface area contributed by atoms with Gasteiger partial charge in [0.2, 0.25) is 0 Å². The van der Waals surface area contributed by atoms with E-state index in [-0.39, 0.29) is 0 Å². The van der Waals surface area contributed by atoms with Crippen molar-refractivity contribution in [1.82, 2.24) is 15.2 Å². The van der Waals surface area contributed by atoms with Crippen LogP contribution >= 0.6 is 0 Å². The topological polar surface area (TPSA) is 38.7 Å². The summed E-state index contributed by atoms with van der Waals surface area (Å²) in [6.07, 6.45) is 3.37. The van der Waals surface area contributed by atoms with E-state index >= 15 is 0 Å². The first-order valence-electron chi connectivity index (χ1n) is 4.99. The molecule has 0 unspecified atom stereocenters. The Labute approximate surface area is 85.2 Å². The molecule has 0 saturated heterocycles. The molecule has 0 amide bonds. The molecule has 0 radical (unpaired) electrons. The summed E-state index contributed by atoms with van der Waals surface area (Å²) in [7, 11) is 0. The number of hydrogen-bond acceptors (Lipinski definition) is 3. The summed E-state index contributed by atoms with van der Waals surface area (Å²) in [5, 5.41) is 7.59. The van der Waals surface area contributed by atoms with E-state index in [9.17, 15) is 0 Å². The number of hydrogen-bond donors (Lipinski definition) is 0. The van der Waals surface area contributed by atoms with E-state index in [1.54, 1.807) is 12.4 Å². The standard InChI is InChI=1S/C7H5N3.2C2H6/c1-2-7-6(8-4-1)3-5-9-10-7;2*1-2/h1-5H;2*1-2H3. The first-order valence-corrected chi connectivity index (χ1v) is 4.99. The minimum atomic E-state index is 0.838. The van der Waals surface area contributed by atoms with Crippen molar-refractivity contribution in [2.45, 2.75) is 27.7 Å². The van der Waals surface area contributed by atoms with Gasteiger partial charge in [-0.05, 0) is 18.2 Å². The van der Waals surface area contributed by atoms with Crippen molar-refractivity contribution >= 4 is 11.0 Å². The van der Waals surface area contributed by atoms with Gasteiger partial charge in [0.15, 0.2) is 0 Å². The van der Waals surface area contributed by atoms with Crippen molar-refractivity contribution < 1.29 is 0 Å². The predicted molar refractivity (Wildman–Crippen MR) is 60.0 cm³/mol. The Balaban J connectivity index is 0.000000379. The fraction of sp³-hybridized carbons (Fsp3) is 0.364. The Bertz CT molecular complexity index is 282. The van der Waals surface area contributed by atoms with Gasteiger partial charge in [0.25, 0.3) is 0 Å². The summed E-state index contributed by atoms with van der Waals surface area (Å²) in [4.78, 5) is 4.08. The van der Waals surface area contributed by atoms with Gasteiger partial charge in [0.1, 0.15) is 5.52 Å². The van der Waals surface area contributed by atoms with Gasteiger partial charge >= 0.3 is 0 Å². The molecule has 0 aliphatic rings. The third-order valence-electron chi connectivity index (χ3n) is 1.28. The quantitative estimate of drug-likeness (QED) is 0.642. The van der Waals surface area contributed by atoms with E-state index in [2.05, 4.69) is 15.2 Å². The SMILES string of the molecule is CC.CC.c1cnc2ccnnc2c1. The second kappa shape index (κ2) is 8.10. The highest BCUT2D eigenvalue weighted by Crippen LogP contribution is 2.02. The van der Waals surface area contributed by atoms with Crippen LogP contribution in [0.1, 0.15) is 27.7 Å². The lowest BCUT2D eigenvalue weighted by Gasteiger charge is -1.89. The molecule has 14 heavy (non-hydrogen) atoms. The number of nitrogens with zero attached hydrogens (tertiary/aromatic N) is 3. The molecule has 0 atom stereocenters. The number of rotatable bonds is 0. The number of pyridine rings is 1. The smallest absolute Gasteiger partial charge is 0.111 e. The monoisotopic (exact) mass is 191 g/mol. The van der Waals surface area contributed by atoms with Gasteiger partial charge in [-0.3, -0.25) is 4.98 Å². The molecule has 76 valence electrons. The molecular formula is C11H17N3. The molecule has 0 aliphatic heterocycles. The minimum Gasteiger partial charge on any atom is -0.254 e. The Morgan fingerprint density at radius 3 is 2.21 bits per heavy atom. The molecule has 3 heteroatoms. The normalized spacial score (nSPS) is 8.00. The first kappa shape index (κ1) is 12.5. The summed E-state index contributed by atoms with van der Waals surface area (Å²) >= 11 is 0. The van der Waals surface area contributed by atoms with E-state index in [1.165, 1.54) is 0 Å². The highest BCUT2D eigenvalue weighted by molar-refractivity contribution is 5.72. The molecule has 2 aromatic rings. The first-order chi connectivity index (χ1) is 6.97. The Kier molecular flexibility index (Phi) is 7.23. The van der Waals surface area contributed by atoms with Crippen molar-refractivity contribution in [2.75, 3.05) is 0 Å². The molecule has 0 N–H and O–H groups in total. The Morgan fingerprint density at radius 1 is 0.857 bits per heavy atom. The zero-order valence-electron chi connectivity index (χ0n) is 9.23. The second-order valence-corrected chi connectivity index (χ2v) is 1.94. The molecule has 0 saturated carbocycles. The van der Waals surface area contributed by atoms with Crippen LogP contribution < -0.4 is 0 Å². The van der Waals surface area contributed by atoms with Crippen LogP contribution in [0, 0.1) is 0 Å². The third-order valence-corrected chi connectivity index (χ3v) is 1.28. The van der Waals surface area contributed by atoms with Gasteiger partial charge in [-0.15, -0.1) is 5.10 Å². The number of aromatic nitrogens is 3. The van der Waals surface area contributed by atoms with E-state index in [0.29, 0.717) is 0 Å². The maximum Gasteiger partial charge on any atom is 0.111 e. The van der Waals surface area contributed by atoms with Crippen LogP contribution in [0.4, 0.5) is 0 Å². The van der Waals surface area contributed by atoms with E-state index in [1.807, 2.05) is 45.9 Å². The summed E-state index contributed by atoms with van der Waals surface area (Å²) in [6.45, 7) is 8.00. The average Bonchev–Trinajstić information content (AvgIpc) is 2.34. The van der Waals surface area contributed by atoms with Crippen molar-refractivity contribution in [3.8, 4) is 0 Å².